The number of methoxy groups -OCH3 is 1. The number of rotatable bonds is 2. The molecule has 1 aromatic heterocycles. The van der Waals surface area contributed by atoms with E-state index in [1.165, 1.54) is 7.11 Å². The molecular weight excluding hydrogens is 240 g/mol. The Morgan fingerprint density at radius 1 is 1.69 bits per heavy atom. The Labute approximate surface area is 83.0 Å². The summed E-state index contributed by atoms with van der Waals surface area (Å²) in [5.74, 6) is 0.387. The molecule has 6 heteroatoms. The number of hydrogen-bond donors (Lipinski definition) is 0. The van der Waals surface area contributed by atoms with Gasteiger partial charge in [0, 0.05) is 5.56 Å². The van der Waals surface area contributed by atoms with Gasteiger partial charge in [-0.05, 0) is 22.9 Å². The van der Waals surface area contributed by atoms with Crippen LogP contribution in [-0.4, -0.2) is 17.0 Å². The number of nitrogens with zero attached hydrogens (tertiary/aromatic N) is 2. The molecule has 1 aromatic rings. The Morgan fingerprint density at radius 3 is 2.77 bits per heavy atom. The Kier molecular flexibility index (Phi) is 2.82. The molecule has 0 aliphatic carbocycles. The first-order chi connectivity index (χ1) is 6.07. The predicted octanol–water partition coefficient (Wildman–Crippen LogP) is 2.07. The predicted molar refractivity (Wildman–Crippen MR) is 49.9 cm³/mol. The van der Waals surface area contributed by atoms with Crippen LogP contribution in [0.15, 0.2) is 10.7 Å². The van der Waals surface area contributed by atoms with E-state index in [0.29, 0.717) is 15.9 Å². The van der Waals surface area contributed by atoms with Crippen LogP contribution in [-0.2, 0) is 0 Å². The second-order valence-electron chi connectivity index (χ2n) is 2.35. The van der Waals surface area contributed by atoms with Crippen molar-refractivity contribution in [2.45, 2.75) is 6.92 Å². The van der Waals surface area contributed by atoms with Crippen LogP contribution in [0, 0.1) is 17.0 Å². The minimum Gasteiger partial charge on any atom is -0.481 e. The van der Waals surface area contributed by atoms with Crippen molar-refractivity contribution in [3.63, 3.8) is 0 Å². The standard InChI is InChI=1S/C7H7BrN2O3/c1-4-6(8)5(10(11)12)3-9-7(4)13-2/h3H,1-2H3. The Morgan fingerprint density at radius 2 is 2.31 bits per heavy atom. The average Bonchev–Trinajstić information content (AvgIpc) is 2.09. The molecule has 0 spiro atoms. The van der Waals surface area contributed by atoms with E-state index in [-0.39, 0.29) is 5.69 Å². The second-order valence-corrected chi connectivity index (χ2v) is 3.14. The molecule has 0 bridgehead atoms. The fraction of sp³-hybridized carbons (Fsp3) is 0.286. The maximum atomic E-state index is 10.5. The van der Waals surface area contributed by atoms with Gasteiger partial charge in [-0.2, -0.15) is 0 Å². The first kappa shape index (κ1) is 9.91. The van der Waals surface area contributed by atoms with Gasteiger partial charge in [-0.1, -0.05) is 0 Å². The van der Waals surface area contributed by atoms with Crippen molar-refractivity contribution >= 4 is 21.6 Å². The molecule has 0 N–H and O–H groups in total. The summed E-state index contributed by atoms with van der Waals surface area (Å²) < 4.78 is 5.30. The summed E-state index contributed by atoms with van der Waals surface area (Å²) in [4.78, 5) is 13.8. The molecule has 13 heavy (non-hydrogen) atoms. The smallest absolute Gasteiger partial charge is 0.302 e. The molecule has 0 aliphatic rings. The third-order valence-corrected chi connectivity index (χ3v) is 2.57. The van der Waals surface area contributed by atoms with Crippen molar-refractivity contribution in [2.75, 3.05) is 7.11 Å². The molecule has 5 nitrogen and oxygen atoms in total. The molecule has 0 aliphatic heterocycles. The Balaban J connectivity index is 3.31. The molecule has 1 rings (SSSR count). The van der Waals surface area contributed by atoms with Gasteiger partial charge in [-0.25, -0.2) is 4.98 Å². The van der Waals surface area contributed by atoms with Gasteiger partial charge in [0.25, 0.3) is 0 Å². The van der Waals surface area contributed by atoms with Gasteiger partial charge in [0.05, 0.1) is 12.0 Å². The molecule has 0 radical (unpaired) electrons. The lowest BCUT2D eigenvalue weighted by molar-refractivity contribution is -0.386. The van der Waals surface area contributed by atoms with Gasteiger partial charge >= 0.3 is 5.69 Å². The lowest BCUT2D eigenvalue weighted by Crippen LogP contribution is -1.96. The van der Waals surface area contributed by atoms with E-state index >= 15 is 0 Å². The minimum absolute atomic E-state index is 0.0571. The van der Waals surface area contributed by atoms with Gasteiger partial charge in [-0.3, -0.25) is 10.1 Å². The zero-order valence-electron chi connectivity index (χ0n) is 7.07. The number of hydrogen-bond acceptors (Lipinski definition) is 4. The topological polar surface area (TPSA) is 65.3 Å². The number of halogens is 1. The van der Waals surface area contributed by atoms with Crippen LogP contribution in [0.1, 0.15) is 5.56 Å². The highest BCUT2D eigenvalue weighted by Gasteiger charge is 2.17. The van der Waals surface area contributed by atoms with Crippen molar-refractivity contribution in [1.29, 1.82) is 0 Å². The summed E-state index contributed by atoms with van der Waals surface area (Å²) in [5, 5.41) is 10.5. The highest BCUT2D eigenvalue weighted by atomic mass is 79.9. The van der Waals surface area contributed by atoms with E-state index in [1.807, 2.05) is 0 Å². The zero-order chi connectivity index (χ0) is 10.0. The van der Waals surface area contributed by atoms with Crippen molar-refractivity contribution in [2.24, 2.45) is 0 Å². The summed E-state index contributed by atoms with van der Waals surface area (Å²) in [6.07, 6.45) is 1.16. The maximum Gasteiger partial charge on any atom is 0.302 e. The summed E-state index contributed by atoms with van der Waals surface area (Å²) in [7, 11) is 1.47. The lowest BCUT2D eigenvalue weighted by Gasteiger charge is -2.04. The molecule has 0 aromatic carbocycles. The summed E-state index contributed by atoms with van der Waals surface area (Å²) in [5.41, 5.74) is 0.565. The van der Waals surface area contributed by atoms with Crippen LogP contribution in [0.5, 0.6) is 5.88 Å². The number of pyridine rings is 1. The molecule has 0 saturated heterocycles. The summed E-state index contributed by atoms with van der Waals surface area (Å²) in [6, 6.07) is 0. The third kappa shape index (κ3) is 1.77. The largest absolute Gasteiger partial charge is 0.481 e. The van der Waals surface area contributed by atoms with Crippen molar-refractivity contribution in [3.05, 3.63) is 26.3 Å². The maximum absolute atomic E-state index is 10.5. The lowest BCUT2D eigenvalue weighted by atomic mass is 10.3. The van der Waals surface area contributed by atoms with Crippen molar-refractivity contribution < 1.29 is 9.66 Å². The molecule has 1 heterocycles. The molecule has 0 amide bonds. The van der Waals surface area contributed by atoms with E-state index in [0.717, 1.165) is 6.20 Å². The zero-order valence-corrected chi connectivity index (χ0v) is 8.66. The normalized spacial score (nSPS) is 9.77. The van der Waals surface area contributed by atoms with Gasteiger partial charge < -0.3 is 4.74 Å². The molecule has 0 unspecified atom stereocenters. The van der Waals surface area contributed by atoms with Crippen LogP contribution in [0.25, 0.3) is 0 Å². The van der Waals surface area contributed by atoms with E-state index in [1.54, 1.807) is 6.92 Å². The van der Waals surface area contributed by atoms with Crippen LogP contribution < -0.4 is 4.74 Å². The quantitative estimate of drug-likeness (QED) is 0.592. The van der Waals surface area contributed by atoms with Crippen LogP contribution in [0.4, 0.5) is 5.69 Å². The van der Waals surface area contributed by atoms with Gasteiger partial charge in [-0.15, -0.1) is 0 Å². The first-order valence-corrected chi connectivity index (χ1v) is 4.20. The van der Waals surface area contributed by atoms with Crippen molar-refractivity contribution in [3.8, 4) is 5.88 Å². The Bertz CT molecular complexity index is 354. The molecule has 0 saturated carbocycles. The fourth-order valence-electron chi connectivity index (χ4n) is 0.892. The average molecular weight is 247 g/mol. The van der Waals surface area contributed by atoms with Gasteiger partial charge in [0.2, 0.25) is 5.88 Å². The second kappa shape index (κ2) is 3.69. The molecule has 0 atom stereocenters. The monoisotopic (exact) mass is 246 g/mol. The Hall–Kier alpha value is -1.17. The van der Waals surface area contributed by atoms with E-state index < -0.39 is 4.92 Å². The highest BCUT2D eigenvalue weighted by molar-refractivity contribution is 9.10. The number of aromatic nitrogens is 1. The third-order valence-electron chi connectivity index (χ3n) is 1.57. The first-order valence-electron chi connectivity index (χ1n) is 3.41. The number of ether oxygens (including phenoxy) is 1. The van der Waals surface area contributed by atoms with Crippen LogP contribution >= 0.6 is 15.9 Å². The molecule has 0 fully saturated rings. The fourth-order valence-corrected chi connectivity index (χ4v) is 1.31. The molecule has 70 valence electrons. The van der Waals surface area contributed by atoms with Gasteiger partial charge in [0.1, 0.15) is 10.7 Å². The summed E-state index contributed by atoms with van der Waals surface area (Å²) >= 11 is 3.11. The van der Waals surface area contributed by atoms with E-state index in [4.69, 9.17) is 4.74 Å². The SMILES string of the molecule is COc1ncc([N+](=O)[O-])c(Br)c1C. The van der Waals surface area contributed by atoms with E-state index in [9.17, 15) is 10.1 Å². The van der Waals surface area contributed by atoms with Gasteiger partial charge in [0.15, 0.2) is 0 Å². The van der Waals surface area contributed by atoms with Crippen LogP contribution in [0.3, 0.4) is 0 Å². The molecular formula is C7H7BrN2O3. The van der Waals surface area contributed by atoms with Crippen LogP contribution in [0.2, 0.25) is 0 Å². The van der Waals surface area contributed by atoms with E-state index in [2.05, 4.69) is 20.9 Å². The number of nitro groups is 1. The highest BCUT2D eigenvalue weighted by Crippen LogP contribution is 2.31. The summed E-state index contributed by atoms with van der Waals surface area (Å²) in [6.45, 7) is 1.70. The van der Waals surface area contributed by atoms with Crippen molar-refractivity contribution in [1.82, 2.24) is 4.98 Å². The minimum atomic E-state index is -0.497.